The highest BCUT2D eigenvalue weighted by Gasteiger charge is 2.19. The number of aromatic nitrogens is 2. The van der Waals surface area contributed by atoms with Gasteiger partial charge < -0.3 is 5.32 Å². The van der Waals surface area contributed by atoms with Crippen LogP contribution in [-0.4, -0.2) is 20.6 Å². The molecule has 0 aliphatic carbocycles. The maximum atomic E-state index is 13.0. The minimum absolute atomic E-state index is 0.271. The van der Waals surface area contributed by atoms with Gasteiger partial charge in [-0.25, -0.2) is 4.79 Å². The standard InChI is InChI=1S/C20H29N3O3/c1-6-7-8-12-22-17-14(2)10-9-11-15(17)18(25)23(19(22)26)13-16(24)21-20(3,4)5/h9-11H,6-8,12-13H2,1-5H3,(H,21,24). The predicted octanol–water partition coefficient (Wildman–Crippen LogP) is 2.58. The predicted molar refractivity (Wildman–Crippen MR) is 105 cm³/mol. The zero-order valence-electron chi connectivity index (χ0n) is 16.4. The van der Waals surface area contributed by atoms with Gasteiger partial charge in [0, 0.05) is 12.1 Å². The Bertz CT molecular complexity index is 917. The van der Waals surface area contributed by atoms with E-state index in [2.05, 4.69) is 12.2 Å². The maximum absolute atomic E-state index is 13.0. The van der Waals surface area contributed by atoms with Crippen molar-refractivity contribution in [2.24, 2.45) is 0 Å². The lowest BCUT2D eigenvalue weighted by molar-refractivity contribution is -0.123. The van der Waals surface area contributed by atoms with Gasteiger partial charge in [0.05, 0.1) is 10.9 Å². The van der Waals surface area contributed by atoms with Crippen molar-refractivity contribution >= 4 is 16.8 Å². The van der Waals surface area contributed by atoms with Gasteiger partial charge in [0.15, 0.2) is 0 Å². The number of para-hydroxylation sites is 1. The summed E-state index contributed by atoms with van der Waals surface area (Å²) in [6.45, 7) is 9.85. The lowest BCUT2D eigenvalue weighted by Gasteiger charge is -2.21. The summed E-state index contributed by atoms with van der Waals surface area (Å²) in [5, 5.41) is 3.28. The monoisotopic (exact) mass is 359 g/mol. The Morgan fingerprint density at radius 1 is 1.12 bits per heavy atom. The number of fused-ring (bicyclic) bond motifs is 1. The third kappa shape index (κ3) is 4.42. The van der Waals surface area contributed by atoms with Crippen LogP contribution >= 0.6 is 0 Å². The number of nitrogens with one attached hydrogen (secondary N) is 1. The molecule has 0 saturated heterocycles. The number of aryl methyl sites for hydroxylation is 2. The average Bonchev–Trinajstić information content (AvgIpc) is 2.53. The number of carbonyl (C=O) groups excluding carboxylic acids is 1. The number of hydrogen-bond donors (Lipinski definition) is 1. The second kappa shape index (κ2) is 7.89. The van der Waals surface area contributed by atoms with E-state index in [1.165, 1.54) is 0 Å². The van der Waals surface area contributed by atoms with E-state index in [-0.39, 0.29) is 12.5 Å². The van der Waals surface area contributed by atoms with Gasteiger partial charge in [-0.15, -0.1) is 0 Å². The summed E-state index contributed by atoms with van der Waals surface area (Å²) in [7, 11) is 0. The second-order valence-corrected chi connectivity index (χ2v) is 7.80. The van der Waals surface area contributed by atoms with E-state index in [0.29, 0.717) is 17.4 Å². The summed E-state index contributed by atoms with van der Waals surface area (Å²) in [5.74, 6) is -0.344. The molecule has 1 N–H and O–H groups in total. The van der Waals surface area contributed by atoms with Crippen LogP contribution in [-0.2, 0) is 17.9 Å². The lowest BCUT2D eigenvalue weighted by atomic mass is 10.1. The van der Waals surface area contributed by atoms with E-state index < -0.39 is 16.8 Å². The molecule has 1 heterocycles. The van der Waals surface area contributed by atoms with Crippen molar-refractivity contribution in [3.8, 4) is 0 Å². The number of benzene rings is 1. The maximum Gasteiger partial charge on any atom is 0.331 e. The summed E-state index contributed by atoms with van der Waals surface area (Å²) in [6, 6.07) is 5.42. The highest BCUT2D eigenvalue weighted by Crippen LogP contribution is 2.14. The highest BCUT2D eigenvalue weighted by atomic mass is 16.2. The number of amides is 1. The first-order valence-electron chi connectivity index (χ1n) is 9.19. The van der Waals surface area contributed by atoms with Crippen LogP contribution in [0.1, 0.15) is 52.5 Å². The topological polar surface area (TPSA) is 73.1 Å². The molecule has 0 fully saturated rings. The molecule has 0 radical (unpaired) electrons. The SMILES string of the molecule is CCCCCn1c(=O)n(CC(=O)NC(C)(C)C)c(=O)c2cccc(C)c21. The molecular weight excluding hydrogens is 330 g/mol. The molecule has 2 aromatic rings. The van der Waals surface area contributed by atoms with Gasteiger partial charge in [-0.05, 0) is 45.7 Å². The van der Waals surface area contributed by atoms with Crippen LogP contribution in [0.4, 0.5) is 0 Å². The molecule has 0 atom stereocenters. The first-order chi connectivity index (χ1) is 12.2. The molecule has 0 aliphatic rings. The Balaban J connectivity index is 2.59. The fourth-order valence-electron chi connectivity index (χ4n) is 3.13. The van der Waals surface area contributed by atoms with Crippen LogP contribution in [0.15, 0.2) is 27.8 Å². The molecule has 0 spiro atoms. The van der Waals surface area contributed by atoms with Gasteiger partial charge in [-0.3, -0.25) is 18.7 Å². The molecular formula is C20H29N3O3. The number of hydrogen-bond acceptors (Lipinski definition) is 3. The molecule has 26 heavy (non-hydrogen) atoms. The smallest absolute Gasteiger partial charge is 0.331 e. The lowest BCUT2D eigenvalue weighted by Crippen LogP contribution is -2.47. The third-order valence-corrected chi connectivity index (χ3v) is 4.25. The molecule has 2 rings (SSSR count). The van der Waals surface area contributed by atoms with Crippen LogP contribution in [0.25, 0.3) is 10.9 Å². The van der Waals surface area contributed by atoms with E-state index in [1.807, 2.05) is 33.8 Å². The van der Waals surface area contributed by atoms with Gasteiger partial charge in [0.1, 0.15) is 6.54 Å². The number of rotatable bonds is 6. The quantitative estimate of drug-likeness (QED) is 0.806. The van der Waals surface area contributed by atoms with Gasteiger partial charge >= 0.3 is 5.69 Å². The molecule has 6 heteroatoms. The summed E-state index contributed by atoms with van der Waals surface area (Å²) in [6.07, 6.45) is 2.90. The Morgan fingerprint density at radius 3 is 2.42 bits per heavy atom. The second-order valence-electron chi connectivity index (χ2n) is 7.80. The third-order valence-electron chi connectivity index (χ3n) is 4.25. The molecule has 1 amide bonds. The van der Waals surface area contributed by atoms with Crippen LogP contribution in [0.2, 0.25) is 0 Å². The Labute approximate surface area is 153 Å². The fourth-order valence-corrected chi connectivity index (χ4v) is 3.13. The zero-order chi connectivity index (χ0) is 19.5. The van der Waals surface area contributed by atoms with E-state index in [0.717, 1.165) is 29.4 Å². The van der Waals surface area contributed by atoms with Crippen molar-refractivity contribution < 1.29 is 4.79 Å². The van der Waals surface area contributed by atoms with Gasteiger partial charge in [0.2, 0.25) is 5.91 Å². The highest BCUT2D eigenvalue weighted by molar-refractivity contribution is 5.82. The number of unbranched alkanes of at least 4 members (excludes halogenated alkanes) is 2. The van der Waals surface area contributed by atoms with Crippen LogP contribution in [0.3, 0.4) is 0 Å². The molecule has 1 aromatic heterocycles. The summed E-state index contributed by atoms with van der Waals surface area (Å²) in [4.78, 5) is 38.1. The van der Waals surface area contributed by atoms with Gasteiger partial charge in [-0.1, -0.05) is 31.9 Å². The Kier molecular flexibility index (Phi) is 6.05. The van der Waals surface area contributed by atoms with Crippen molar-refractivity contribution in [2.75, 3.05) is 0 Å². The fraction of sp³-hybridized carbons (Fsp3) is 0.550. The molecule has 0 unspecified atom stereocenters. The minimum Gasteiger partial charge on any atom is -0.350 e. The molecule has 1 aromatic carbocycles. The van der Waals surface area contributed by atoms with Crippen molar-refractivity contribution in [1.82, 2.24) is 14.5 Å². The zero-order valence-corrected chi connectivity index (χ0v) is 16.4. The van der Waals surface area contributed by atoms with Gasteiger partial charge in [0.25, 0.3) is 5.56 Å². The van der Waals surface area contributed by atoms with Crippen LogP contribution < -0.4 is 16.6 Å². The summed E-state index contributed by atoms with van der Waals surface area (Å²) >= 11 is 0. The molecule has 0 aliphatic heterocycles. The Morgan fingerprint density at radius 2 is 1.81 bits per heavy atom. The van der Waals surface area contributed by atoms with Crippen molar-refractivity contribution in [1.29, 1.82) is 0 Å². The summed E-state index contributed by atoms with van der Waals surface area (Å²) < 4.78 is 2.70. The summed E-state index contributed by atoms with van der Waals surface area (Å²) in [5.41, 5.74) is 0.306. The number of carbonyl (C=O) groups is 1. The number of nitrogens with zero attached hydrogens (tertiary/aromatic N) is 2. The largest absolute Gasteiger partial charge is 0.350 e. The van der Waals surface area contributed by atoms with Gasteiger partial charge in [-0.2, -0.15) is 0 Å². The van der Waals surface area contributed by atoms with E-state index in [1.54, 1.807) is 16.7 Å². The molecule has 0 saturated carbocycles. The average molecular weight is 359 g/mol. The molecule has 6 nitrogen and oxygen atoms in total. The van der Waals surface area contributed by atoms with E-state index in [9.17, 15) is 14.4 Å². The van der Waals surface area contributed by atoms with Crippen LogP contribution in [0, 0.1) is 6.92 Å². The van der Waals surface area contributed by atoms with Crippen molar-refractivity contribution in [3.63, 3.8) is 0 Å². The van der Waals surface area contributed by atoms with Crippen molar-refractivity contribution in [2.45, 2.75) is 72.5 Å². The van der Waals surface area contributed by atoms with Crippen LogP contribution in [0.5, 0.6) is 0 Å². The first-order valence-corrected chi connectivity index (χ1v) is 9.19. The normalized spacial score (nSPS) is 11.7. The Hall–Kier alpha value is -2.37. The molecule has 0 bridgehead atoms. The van der Waals surface area contributed by atoms with E-state index >= 15 is 0 Å². The minimum atomic E-state index is -0.422. The first kappa shape index (κ1) is 19.9. The van der Waals surface area contributed by atoms with E-state index in [4.69, 9.17) is 0 Å². The molecule has 142 valence electrons. The van der Waals surface area contributed by atoms with Crippen molar-refractivity contribution in [3.05, 3.63) is 44.6 Å².